The van der Waals surface area contributed by atoms with E-state index in [1.54, 1.807) is 13.2 Å². The van der Waals surface area contributed by atoms with Gasteiger partial charge >= 0.3 is 0 Å². The van der Waals surface area contributed by atoms with E-state index in [1.807, 2.05) is 30.3 Å². The minimum absolute atomic E-state index is 0. The van der Waals surface area contributed by atoms with Crippen molar-refractivity contribution >= 4 is 12.4 Å². The van der Waals surface area contributed by atoms with Crippen LogP contribution in [0, 0.1) is 0 Å². The largest absolute Gasteiger partial charge is 0.504 e. The van der Waals surface area contributed by atoms with E-state index < -0.39 is 0 Å². The number of phenolic OH excluding ortho intramolecular Hbond substituents is 1. The first-order valence-corrected chi connectivity index (χ1v) is 6.40. The van der Waals surface area contributed by atoms with Gasteiger partial charge in [-0.15, -0.1) is 12.4 Å². The number of hydrogen-bond donors (Lipinski definition) is 2. The van der Waals surface area contributed by atoms with Crippen LogP contribution >= 0.6 is 12.4 Å². The van der Waals surface area contributed by atoms with Crippen molar-refractivity contribution in [3.8, 4) is 11.5 Å². The molecule has 4 heteroatoms. The average molecular weight is 294 g/mol. The van der Waals surface area contributed by atoms with Gasteiger partial charge in [0.2, 0.25) is 0 Å². The van der Waals surface area contributed by atoms with Crippen molar-refractivity contribution in [2.24, 2.45) is 0 Å². The zero-order valence-corrected chi connectivity index (χ0v) is 12.3. The van der Waals surface area contributed by atoms with Crippen LogP contribution in [0.4, 0.5) is 0 Å². The third-order valence-corrected chi connectivity index (χ3v) is 3.05. The van der Waals surface area contributed by atoms with Gasteiger partial charge in [-0.25, -0.2) is 0 Å². The van der Waals surface area contributed by atoms with Gasteiger partial charge in [0, 0.05) is 12.1 Å². The van der Waals surface area contributed by atoms with Gasteiger partial charge in [0.1, 0.15) is 0 Å². The van der Waals surface area contributed by atoms with E-state index in [0.29, 0.717) is 12.3 Å². The molecular formula is C16H20ClNO2. The number of phenols is 1. The fourth-order valence-corrected chi connectivity index (χ4v) is 1.98. The highest BCUT2D eigenvalue weighted by atomic mass is 35.5. The van der Waals surface area contributed by atoms with E-state index in [-0.39, 0.29) is 18.2 Å². The second-order valence-electron chi connectivity index (χ2n) is 4.38. The highest BCUT2D eigenvalue weighted by molar-refractivity contribution is 5.85. The van der Waals surface area contributed by atoms with E-state index in [9.17, 15) is 5.11 Å². The molecule has 0 saturated heterocycles. The minimum atomic E-state index is 0. The maximum atomic E-state index is 9.94. The number of aromatic hydroxyl groups is 1. The van der Waals surface area contributed by atoms with E-state index in [4.69, 9.17) is 4.74 Å². The molecule has 2 aromatic rings. The summed E-state index contributed by atoms with van der Waals surface area (Å²) < 4.78 is 5.08. The van der Waals surface area contributed by atoms with Gasteiger partial charge in [-0.2, -0.15) is 0 Å². The lowest BCUT2D eigenvalue weighted by Gasteiger charge is -2.09. The molecule has 2 aromatic carbocycles. The first-order chi connectivity index (χ1) is 9.31. The minimum Gasteiger partial charge on any atom is -0.504 e. The molecule has 3 nitrogen and oxygen atoms in total. The van der Waals surface area contributed by atoms with Crippen LogP contribution in [0.1, 0.15) is 11.1 Å². The smallest absolute Gasteiger partial charge is 0.162 e. The van der Waals surface area contributed by atoms with Crippen molar-refractivity contribution in [2.75, 3.05) is 13.7 Å². The Bertz CT molecular complexity index is 517. The number of benzene rings is 2. The zero-order chi connectivity index (χ0) is 13.5. The molecule has 0 unspecified atom stereocenters. The third-order valence-electron chi connectivity index (χ3n) is 3.05. The van der Waals surface area contributed by atoms with Gasteiger partial charge in [0.15, 0.2) is 11.5 Å². The van der Waals surface area contributed by atoms with Gasteiger partial charge in [0.25, 0.3) is 0 Å². The lowest BCUT2D eigenvalue weighted by molar-refractivity contribution is 0.369. The summed E-state index contributed by atoms with van der Waals surface area (Å²) in [6.07, 6.45) is 0.978. The predicted octanol–water partition coefficient (Wildman–Crippen LogP) is 3.15. The molecule has 0 aromatic heterocycles. The van der Waals surface area contributed by atoms with Crippen molar-refractivity contribution in [1.29, 1.82) is 0 Å². The van der Waals surface area contributed by atoms with Gasteiger partial charge in [-0.05, 0) is 24.6 Å². The number of methoxy groups -OCH3 is 1. The second kappa shape index (κ2) is 8.46. The number of nitrogens with one attached hydrogen (secondary N) is 1. The molecule has 0 aliphatic rings. The Labute approximate surface area is 126 Å². The van der Waals surface area contributed by atoms with Crippen molar-refractivity contribution in [3.63, 3.8) is 0 Å². The van der Waals surface area contributed by atoms with Crippen LogP contribution in [0.3, 0.4) is 0 Å². The number of para-hydroxylation sites is 1. The van der Waals surface area contributed by atoms with Crippen LogP contribution in [0.15, 0.2) is 48.5 Å². The topological polar surface area (TPSA) is 41.5 Å². The van der Waals surface area contributed by atoms with E-state index in [2.05, 4.69) is 17.4 Å². The number of rotatable bonds is 6. The van der Waals surface area contributed by atoms with Crippen LogP contribution in [0.25, 0.3) is 0 Å². The van der Waals surface area contributed by atoms with Crippen molar-refractivity contribution in [3.05, 3.63) is 59.7 Å². The van der Waals surface area contributed by atoms with Gasteiger partial charge in [-0.1, -0.05) is 42.5 Å². The van der Waals surface area contributed by atoms with Crippen LogP contribution in [-0.4, -0.2) is 18.8 Å². The molecular weight excluding hydrogens is 274 g/mol. The molecule has 0 amide bonds. The monoisotopic (exact) mass is 293 g/mol. The fourth-order valence-electron chi connectivity index (χ4n) is 1.98. The maximum absolute atomic E-state index is 9.94. The molecule has 0 heterocycles. The Kier molecular flexibility index (Phi) is 6.91. The number of halogens is 1. The van der Waals surface area contributed by atoms with Gasteiger partial charge in [0.05, 0.1) is 7.11 Å². The molecule has 0 aliphatic heterocycles. The summed E-state index contributed by atoms with van der Waals surface area (Å²) in [6.45, 7) is 1.51. The molecule has 0 spiro atoms. The summed E-state index contributed by atoms with van der Waals surface area (Å²) in [5, 5.41) is 13.3. The fraction of sp³-hybridized carbons (Fsp3) is 0.250. The normalized spacial score (nSPS) is 9.85. The molecule has 0 aliphatic carbocycles. The number of ether oxygens (including phenoxy) is 1. The lowest BCUT2D eigenvalue weighted by Crippen LogP contribution is -2.16. The van der Waals surface area contributed by atoms with E-state index >= 15 is 0 Å². The standard InChI is InChI=1S/C16H19NO2.ClH/c1-19-15-9-5-8-14(16(15)18)12-17-11-10-13-6-3-2-4-7-13;/h2-9,17-18H,10-12H2,1H3;1H. The Morgan fingerprint density at radius 3 is 2.50 bits per heavy atom. The zero-order valence-electron chi connectivity index (χ0n) is 11.5. The molecule has 0 atom stereocenters. The van der Waals surface area contributed by atoms with Crippen molar-refractivity contribution in [2.45, 2.75) is 13.0 Å². The Morgan fingerprint density at radius 1 is 1.05 bits per heavy atom. The Balaban J connectivity index is 0.00000200. The summed E-state index contributed by atoms with van der Waals surface area (Å²) in [6, 6.07) is 15.9. The summed E-state index contributed by atoms with van der Waals surface area (Å²) in [5.41, 5.74) is 2.16. The average Bonchev–Trinajstić information content (AvgIpc) is 2.46. The first-order valence-electron chi connectivity index (χ1n) is 6.40. The van der Waals surface area contributed by atoms with Crippen LogP contribution in [0.2, 0.25) is 0 Å². The molecule has 2 rings (SSSR count). The van der Waals surface area contributed by atoms with Gasteiger partial charge < -0.3 is 15.2 Å². The van der Waals surface area contributed by atoms with Crippen LogP contribution in [0.5, 0.6) is 11.5 Å². The molecule has 0 saturated carbocycles. The molecule has 0 bridgehead atoms. The molecule has 0 radical (unpaired) electrons. The van der Waals surface area contributed by atoms with Crippen LogP contribution in [-0.2, 0) is 13.0 Å². The second-order valence-corrected chi connectivity index (χ2v) is 4.38. The molecule has 20 heavy (non-hydrogen) atoms. The highest BCUT2D eigenvalue weighted by Gasteiger charge is 2.06. The first kappa shape index (κ1) is 16.3. The SMILES string of the molecule is COc1cccc(CNCCc2ccccc2)c1O.Cl. The van der Waals surface area contributed by atoms with Gasteiger partial charge in [-0.3, -0.25) is 0 Å². The van der Waals surface area contributed by atoms with E-state index in [1.165, 1.54) is 5.56 Å². The van der Waals surface area contributed by atoms with Crippen molar-refractivity contribution in [1.82, 2.24) is 5.32 Å². The lowest BCUT2D eigenvalue weighted by atomic mass is 10.1. The predicted molar refractivity (Wildman–Crippen MR) is 83.8 cm³/mol. The highest BCUT2D eigenvalue weighted by Crippen LogP contribution is 2.28. The Hall–Kier alpha value is -1.71. The molecule has 108 valence electrons. The Morgan fingerprint density at radius 2 is 1.80 bits per heavy atom. The van der Waals surface area contributed by atoms with E-state index in [0.717, 1.165) is 18.5 Å². The van der Waals surface area contributed by atoms with Crippen LogP contribution < -0.4 is 10.1 Å². The molecule has 0 fully saturated rings. The third kappa shape index (κ3) is 4.44. The van der Waals surface area contributed by atoms with Crippen molar-refractivity contribution < 1.29 is 9.84 Å². The summed E-state index contributed by atoms with van der Waals surface area (Å²) in [4.78, 5) is 0. The summed E-state index contributed by atoms with van der Waals surface area (Å²) in [5.74, 6) is 0.736. The quantitative estimate of drug-likeness (QED) is 0.804. The summed E-state index contributed by atoms with van der Waals surface area (Å²) in [7, 11) is 1.56. The number of hydrogen-bond acceptors (Lipinski definition) is 3. The maximum Gasteiger partial charge on any atom is 0.162 e. The summed E-state index contributed by atoms with van der Waals surface area (Å²) >= 11 is 0. The molecule has 2 N–H and O–H groups in total.